The Morgan fingerprint density at radius 2 is 1.84 bits per heavy atom. The van der Waals surface area contributed by atoms with Crippen molar-refractivity contribution in [3.8, 4) is 0 Å². The third-order valence-corrected chi connectivity index (χ3v) is 6.97. The molecule has 7 heteroatoms. The largest absolute Gasteiger partial charge is 0.397 e. The van der Waals surface area contributed by atoms with Gasteiger partial charge in [-0.3, -0.25) is 19.7 Å². The molecule has 38 heavy (non-hydrogen) atoms. The van der Waals surface area contributed by atoms with Gasteiger partial charge < -0.3 is 16.0 Å². The summed E-state index contributed by atoms with van der Waals surface area (Å²) in [5.41, 5.74) is 13.4. The molecule has 1 atom stereocenters. The number of hydrogen-bond acceptors (Lipinski definition) is 6. The molecule has 0 radical (unpaired) electrons. The first kappa shape index (κ1) is 25.6. The van der Waals surface area contributed by atoms with E-state index in [-0.39, 0.29) is 11.6 Å². The van der Waals surface area contributed by atoms with Crippen molar-refractivity contribution >= 4 is 17.6 Å². The number of hydrogen-bond donors (Lipinski definition) is 3. The van der Waals surface area contributed by atoms with E-state index >= 15 is 0 Å². The van der Waals surface area contributed by atoms with E-state index < -0.39 is 0 Å². The number of aliphatic imine (C=N–C) groups is 1. The number of nitrogens with two attached hydrogens (primary N) is 1. The molecule has 1 aliphatic rings. The third-order valence-electron chi connectivity index (χ3n) is 6.97. The number of fused-ring (bicyclic) bond motifs is 1. The van der Waals surface area contributed by atoms with Crippen molar-refractivity contribution in [1.82, 2.24) is 20.2 Å². The number of benzene rings is 2. The van der Waals surface area contributed by atoms with Gasteiger partial charge >= 0.3 is 0 Å². The first-order valence-electron chi connectivity index (χ1n) is 13.2. The molecule has 2 aromatic carbocycles. The van der Waals surface area contributed by atoms with Crippen LogP contribution in [0.25, 0.3) is 0 Å². The van der Waals surface area contributed by atoms with Gasteiger partial charge in [0.25, 0.3) is 0 Å². The van der Waals surface area contributed by atoms with Crippen LogP contribution in [0.5, 0.6) is 0 Å². The minimum Gasteiger partial charge on any atom is -0.397 e. The van der Waals surface area contributed by atoms with Gasteiger partial charge in [0.15, 0.2) is 0 Å². The minimum absolute atomic E-state index is 0.0775. The van der Waals surface area contributed by atoms with Crippen molar-refractivity contribution in [3.63, 3.8) is 0 Å². The molecule has 0 spiro atoms. The monoisotopic (exact) mass is 506 g/mol. The highest BCUT2D eigenvalue weighted by Crippen LogP contribution is 2.33. The first-order valence-corrected chi connectivity index (χ1v) is 13.2. The summed E-state index contributed by atoms with van der Waals surface area (Å²) < 4.78 is 0. The lowest BCUT2D eigenvalue weighted by atomic mass is 9.90. The van der Waals surface area contributed by atoms with Gasteiger partial charge in [0, 0.05) is 50.4 Å². The molecule has 4 N–H and O–H groups in total. The zero-order valence-corrected chi connectivity index (χ0v) is 21.5. The van der Waals surface area contributed by atoms with E-state index in [9.17, 15) is 4.79 Å². The fourth-order valence-electron chi connectivity index (χ4n) is 5.03. The molecule has 0 aliphatic heterocycles. The quantitative estimate of drug-likeness (QED) is 0.209. The second-order valence-electron chi connectivity index (χ2n) is 9.72. The molecule has 0 saturated heterocycles. The van der Waals surface area contributed by atoms with Gasteiger partial charge in [0.1, 0.15) is 0 Å². The maximum atomic E-state index is 11.5. The average molecular weight is 507 g/mol. The molecule has 194 valence electrons. The first-order chi connectivity index (χ1) is 18.7. The van der Waals surface area contributed by atoms with Crippen LogP contribution in [-0.4, -0.2) is 27.6 Å². The number of nitrogen functional groups attached to an aromatic ring is 1. The summed E-state index contributed by atoms with van der Waals surface area (Å²) in [7, 11) is 0. The maximum Gasteiger partial charge on any atom is 0.248 e. The van der Waals surface area contributed by atoms with Crippen molar-refractivity contribution in [3.05, 3.63) is 123 Å². The lowest BCUT2D eigenvalue weighted by Crippen LogP contribution is -2.33. The van der Waals surface area contributed by atoms with Crippen molar-refractivity contribution < 1.29 is 0 Å². The molecular formula is C31H34N6O. The molecule has 4 aromatic rings. The third kappa shape index (κ3) is 6.62. The average Bonchev–Trinajstić information content (AvgIpc) is 2.94. The smallest absolute Gasteiger partial charge is 0.248 e. The van der Waals surface area contributed by atoms with Crippen molar-refractivity contribution in [2.75, 3.05) is 12.3 Å². The molecular weight excluding hydrogens is 472 g/mol. The molecule has 1 aliphatic carbocycles. The molecule has 0 saturated carbocycles. The lowest BCUT2D eigenvalue weighted by Gasteiger charge is -2.34. The van der Waals surface area contributed by atoms with Gasteiger partial charge in [0.2, 0.25) is 5.56 Å². The van der Waals surface area contributed by atoms with Crippen LogP contribution in [0.1, 0.15) is 47.0 Å². The number of nitrogens with zero attached hydrogens (tertiary/aromatic N) is 3. The zero-order chi connectivity index (χ0) is 26.2. The number of aryl methyl sites for hydroxylation is 1. The summed E-state index contributed by atoms with van der Waals surface area (Å²) in [5.74, 6) is 0. The highest BCUT2D eigenvalue weighted by Gasteiger charge is 2.26. The predicted octanol–water partition coefficient (Wildman–Crippen LogP) is 4.92. The predicted molar refractivity (Wildman–Crippen MR) is 153 cm³/mol. The number of nitrogens with one attached hydrogen (secondary N) is 2. The van der Waals surface area contributed by atoms with Crippen molar-refractivity contribution in [1.29, 1.82) is 0 Å². The molecule has 1 unspecified atom stereocenters. The summed E-state index contributed by atoms with van der Waals surface area (Å²) in [5, 5.41) is 3.40. The Bertz CT molecular complexity index is 1430. The highest BCUT2D eigenvalue weighted by molar-refractivity contribution is 5.71. The standard InChI is InChI=1S/C31H34N6O/c32-27-9-1-2-10-28(27)34-18-19-37(29-11-3-6-25-7-5-17-35-31(25)29)22-24-15-13-23(14-16-24)20-33-21-26-8-4-12-30(38)36-26/h1-2,4-5,7-10,12-18,29,33H,3,6,11,19-22,32H2,(H,36,38). The van der Waals surface area contributed by atoms with Crippen LogP contribution < -0.4 is 16.6 Å². The molecule has 0 fully saturated rings. The van der Waals surface area contributed by atoms with E-state index in [1.54, 1.807) is 6.07 Å². The SMILES string of the molecule is Nc1ccccc1N=CCN(Cc1ccc(CNCc2cccc(=O)[nH]2)cc1)C1CCCc2cccnc21. The Kier molecular flexibility index (Phi) is 8.38. The van der Waals surface area contributed by atoms with E-state index in [0.29, 0.717) is 18.8 Å². The zero-order valence-electron chi connectivity index (χ0n) is 21.5. The van der Waals surface area contributed by atoms with E-state index in [4.69, 9.17) is 10.7 Å². The van der Waals surface area contributed by atoms with Crippen LogP contribution >= 0.6 is 0 Å². The number of H-pyrrole nitrogens is 1. The number of aromatic nitrogens is 2. The van der Waals surface area contributed by atoms with Crippen LogP contribution in [0.3, 0.4) is 0 Å². The highest BCUT2D eigenvalue weighted by atomic mass is 16.1. The molecule has 5 rings (SSSR count). The molecule has 7 nitrogen and oxygen atoms in total. The Labute approximate surface area is 223 Å². The topological polar surface area (TPSA) is 99.4 Å². The van der Waals surface area contributed by atoms with E-state index in [0.717, 1.165) is 43.7 Å². The second-order valence-corrected chi connectivity index (χ2v) is 9.72. The normalized spacial score (nSPS) is 15.1. The van der Waals surface area contributed by atoms with Crippen LogP contribution in [0.4, 0.5) is 11.4 Å². The van der Waals surface area contributed by atoms with Crippen LogP contribution in [0, 0.1) is 0 Å². The minimum atomic E-state index is -0.0775. The van der Waals surface area contributed by atoms with Gasteiger partial charge in [-0.15, -0.1) is 0 Å². The van der Waals surface area contributed by atoms with Gasteiger partial charge in [-0.05, 0) is 60.2 Å². The number of rotatable bonds is 10. The Balaban J connectivity index is 1.28. The van der Waals surface area contributed by atoms with Crippen molar-refractivity contribution in [2.24, 2.45) is 4.99 Å². The number of aromatic amines is 1. The van der Waals surface area contributed by atoms with Gasteiger partial charge in [-0.25, -0.2) is 0 Å². The number of para-hydroxylation sites is 2. The maximum absolute atomic E-state index is 11.5. The van der Waals surface area contributed by atoms with E-state index in [1.807, 2.05) is 48.8 Å². The lowest BCUT2D eigenvalue weighted by molar-refractivity contribution is 0.193. The van der Waals surface area contributed by atoms with Gasteiger partial charge in [-0.2, -0.15) is 0 Å². The fraction of sp³-hybridized carbons (Fsp3) is 0.258. The molecule has 0 amide bonds. The summed E-state index contributed by atoms with van der Waals surface area (Å²) in [6, 6.07) is 26.1. The molecule has 2 aromatic heterocycles. The Morgan fingerprint density at radius 1 is 1.00 bits per heavy atom. The van der Waals surface area contributed by atoms with E-state index in [1.165, 1.54) is 28.5 Å². The second kappa shape index (κ2) is 12.4. The fourth-order valence-corrected chi connectivity index (χ4v) is 5.03. The van der Waals surface area contributed by atoms with Crippen LogP contribution in [0.15, 0.2) is 94.8 Å². The molecule has 2 heterocycles. The summed E-state index contributed by atoms with van der Waals surface area (Å²) in [6.07, 6.45) is 7.19. The Hall–Kier alpha value is -4.07. The summed E-state index contributed by atoms with van der Waals surface area (Å²) >= 11 is 0. The van der Waals surface area contributed by atoms with Gasteiger partial charge in [0.05, 0.1) is 23.1 Å². The number of anilines is 1. The number of pyridine rings is 2. The summed E-state index contributed by atoms with van der Waals surface area (Å²) in [4.78, 5) is 26.2. The summed E-state index contributed by atoms with van der Waals surface area (Å²) in [6.45, 7) is 2.85. The van der Waals surface area contributed by atoms with Crippen LogP contribution in [0.2, 0.25) is 0 Å². The van der Waals surface area contributed by atoms with Crippen LogP contribution in [-0.2, 0) is 26.1 Å². The van der Waals surface area contributed by atoms with E-state index in [2.05, 4.69) is 50.5 Å². The Morgan fingerprint density at radius 3 is 2.68 bits per heavy atom. The van der Waals surface area contributed by atoms with Crippen molar-refractivity contribution in [2.45, 2.75) is 44.9 Å². The molecule has 0 bridgehead atoms. The van der Waals surface area contributed by atoms with Gasteiger partial charge in [-0.1, -0.05) is 48.5 Å².